The molecule has 1 atom stereocenters. The predicted octanol–water partition coefficient (Wildman–Crippen LogP) is 3.93. The number of esters is 1. The van der Waals surface area contributed by atoms with Crippen molar-refractivity contribution in [2.75, 3.05) is 43.4 Å². The Balaban J connectivity index is 0.000000255. The van der Waals surface area contributed by atoms with E-state index >= 15 is 0 Å². The molecule has 0 radical (unpaired) electrons. The molecular formula is C26H35N5O4S. The van der Waals surface area contributed by atoms with Gasteiger partial charge in [0.25, 0.3) is 0 Å². The lowest BCUT2D eigenvalue weighted by atomic mass is 10.2. The zero-order chi connectivity index (χ0) is 26.5. The molecular weight excluding hydrogens is 478 g/mol. The molecule has 2 aliphatic rings. The van der Waals surface area contributed by atoms with Crippen LogP contribution in [0.5, 0.6) is 0 Å². The third-order valence-corrected chi connectivity index (χ3v) is 6.74. The van der Waals surface area contributed by atoms with Gasteiger partial charge >= 0.3 is 5.97 Å². The highest BCUT2D eigenvalue weighted by Gasteiger charge is 2.36. The number of nitrogens with zero attached hydrogens (tertiary/aromatic N) is 3. The minimum atomic E-state index is -0.669. The number of carbonyl (C=O) groups is 3. The van der Waals surface area contributed by atoms with Gasteiger partial charge in [-0.2, -0.15) is 5.26 Å². The van der Waals surface area contributed by atoms with E-state index in [9.17, 15) is 14.4 Å². The molecule has 9 nitrogen and oxygen atoms in total. The molecule has 0 aliphatic carbocycles. The van der Waals surface area contributed by atoms with Gasteiger partial charge in [0, 0.05) is 30.9 Å². The third kappa shape index (κ3) is 8.43. The maximum atomic E-state index is 11.9. The summed E-state index contributed by atoms with van der Waals surface area (Å²) in [7, 11) is 0. The highest BCUT2D eigenvalue weighted by atomic mass is 32.2. The number of hydrogen-bond acceptors (Lipinski definition) is 8. The third-order valence-electron chi connectivity index (χ3n) is 5.54. The fourth-order valence-corrected chi connectivity index (χ4v) is 4.93. The zero-order valence-electron chi connectivity index (χ0n) is 21.2. The van der Waals surface area contributed by atoms with Gasteiger partial charge in [0.2, 0.25) is 11.8 Å². The lowest BCUT2D eigenvalue weighted by molar-refractivity contribution is -0.138. The average Bonchev–Trinajstić information content (AvgIpc) is 3.47. The second-order valence-electron chi connectivity index (χ2n) is 8.13. The van der Waals surface area contributed by atoms with Crippen LogP contribution in [0.3, 0.4) is 0 Å². The molecule has 2 heterocycles. The molecule has 0 spiro atoms. The summed E-state index contributed by atoms with van der Waals surface area (Å²) in [5, 5.41) is 15.1. The first kappa shape index (κ1) is 28.9. The maximum absolute atomic E-state index is 11.9. The highest BCUT2D eigenvalue weighted by Crippen LogP contribution is 2.36. The lowest BCUT2D eigenvalue weighted by Crippen LogP contribution is -2.28. The Hall–Kier alpha value is -3.29. The average molecular weight is 514 g/mol. The van der Waals surface area contributed by atoms with Crippen LogP contribution >= 0.6 is 11.8 Å². The van der Waals surface area contributed by atoms with Gasteiger partial charge in [-0.3, -0.25) is 9.59 Å². The van der Waals surface area contributed by atoms with E-state index in [1.54, 1.807) is 27.0 Å². The first-order chi connectivity index (χ1) is 17.3. The van der Waals surface area contributed by atoms with Gasteiger partial charge in [0.05, 0.1) is 11.9 Å². The Morgan fingerprint density at radius 3 is 2.58 bits per heavy atom. The number of rotatable bonds is 9. The molecule has 0 saturated carbocycles. The topological polar surface area (TPSA) is 115 Å². The van der Waals surface area contributed by atoms with Crippen molar-refractivity contribution in [1.29, 1.82) is 5.26 Å². The maximum Gasteiger partial charge on any atom is 0.351 e. The second kappa shape index (κ2) is 15.0. The van der Waals surface area contributed by atoms with Crippen LogP contribution < -0.4 is 10.6 Å². The Morgan fingerprint density at radius 1 is 1.28 bits per heavy atom. The van der Waals surface area contributed by atoms with Gasteiger partial charge < -0.3 is 25.2 Å². The summed E-state index contributed by atoms with van der Waals surface area (Å²) < 4.78 is 4.80. The number of ether oxygens (including phenoxy) is 1. The molecule has 10 heteroatoms. The van der Waals surface area contributed by atoms with Crippen molar-refractivity contribution in [3.8, 4) is 6.07 Å². The van der Waals surface area contributed by atoms with E-state index in [2.05, 4.69) is 22.1 Å². The molecule has 36 heavy (non-hydrogen) atoms. The van der Waals surface area contributed by atoms with E-state index in [1.165, 1.54) is 29.5 Å². The number of nitrogens with one attached hydrogen (secondary N) is 2. The molecule has 0 bridgehead atoms. The van der Waals surface area contributed by atoms with Crippen LogP contribution in [0.1, 0.15) is 40.0 Å². The molecule has 194 valence electrons. The number of benzene rings is 1. The molecule has 2 saturated heterocycles. The molecule has 1 unspecified atom stereocenters. The summed E-state index contributed by atoms with van der Waals surface area (Å²) in [6, 6.07) is 9.45. The standard InChI is InChI=1S/C15H21N3O.C11H14N2O3S/c1-2-16-13-6-5-7-14(12-13)17-15(19)8-11-18-9-3-4-10-18;1-4-13-9(14)7(3)17-10(13)8(6-12)11(15)16-5-2/h2,5-7,12,16H,1,3-4,8-11H2,(H,17,19);7H,4-5H2,1-3H3/b;10-8-. The number of likely N-dealkylation sites (tertiary alicyclic amines) is 1. The molecule has 2 aliphatic heterocycles. The number of thioether (sulfide) groups is 1. The van der Waals surface area contributed by atoms with Crippen LogP contribution in [-0.2, 0) is 19.1 Å². The summed E-state index contributed by atoms with van der Waals surface area (Å²) in [5.74, 6) is -0.676. The fraction of sp³-hybridized carbons (Fsp3) is 0.462. The summed E-state index contributed by atoms with van der Waals surface area (Å²) >= 11 is 1.23. The molecule has 3 rings (SSSR count). The van der Waals surface area contributed by atoms with Crippen molar-refractivity contribution in [2.24, 2.45) is 0 Å². The Bertz CT molecular complexity index is 1010. The van der Waals surface area contributed by atoms with Crippen molar-refractivity contribution in [3.63, 3.8) is 0 Å². The van der Waals surface area contributed by atoms with Crippen LogP contribution in [-0.4, -0.2) is 65.6 Å². The first-order valence-corrected chi connectivity index (χ1v) is 13.0. The Morgan fingerprint density at radius 2 is 1.97 bits per heavy atom. The van der Waals surface area contributed by atoms with Gasteiger partial charge in [-0.1, -0.05) is 24.4 Å². The van der Waals surface area contributed by atoms with Gasteiger partial charge in [0.15, 0.2) is 5.57 Å². The minimum absolute atomic E-state index is 0.0719. The summed E-state index contributed by atoms with van der Waals surface area (Å²) in [6.45, 7) is 12.6. The van der Waals surface area contributed by atoms with E-state index in [0.29, 0.717) is 18.0 Å². The van der Waals surface area contributed by atoms with Gasteiger partial charge in [0.1, 0.15) is 11.1 Å². The van der Waals surface area contributed by atoms with Crippen LogP contribution in [0.25, 0.3) is 0 Å². The molecule has 1 aromatic rings. The smallest absolute Gasteiger partial charge is 0.351 e. The summed E-state index contributed by atoms with van der Waals surface area (Å²) in [6.07, 6.45) is 4.70. The summed E-state index contributed by atoms with van der Waals surface area (Å²) in [4.78, 5) is 39.0. The molecule has 2 amide bonds. The van der Waals surface area contributed by atoms with Crippen LogP contribution in [0.4, 0.5) is 11.4 Å². The van der Waals surface area contributed by atoms with Crippen molar-refractivity contribution in [2.45, 2.75) is 45.3 Å². The zero-order valence-corrected chi connectivity index (χ0v) is 22.0. The van der Waals surface area contributed by atoms with E-state index < -0.39 is 5.97 Å². The van der Waals surface area contributed by atoms with Gasteiger partial charge in [-0.15, -0.1) is 0 Å². The largest absolute Gasteiger partial charge is 0.462 e. The molecule has 1 aromatic carbocycles. The van der Waals surface area contributed by atoms with Crippen molar-refractivity contribution in [3.05, 3.63) is 47.6 Å². The van der Waals surface area contributed by atoms with E-state index in [4.69, 9.17) is 10.00 Å². The predicted molar refractivity (Wildman–Crippen MR) is 143 cm³/mol. The molecule has 2 N–H and O–H groups in total. The van der Waals surface area contributed by atoms with E-state index in [1.807, 2.05) is 30.3 Å². The number of anilines is 2. The second-order valence-corrected chi connectivity index (χ2v) is 9.46. The van der Waals surface area contributed by atoms with Gasteiger partial charge in [-0.25, -0.2) is 4.79 Å². The Kier molecular flexibility index (Phi) is 12.0. The molecule has 0 aromatic heterocycles. The van der Waals surface area contributed by atoms with Crippen LogP contribution in [0.2, 0.25) is 0 Å². The van der Waals surface area contributed by atoms with Crippen LogP contribution in [0.15, 0.2) is 47.6 Å². The quantitative estimate of drug-likeness (QED) is 0.290. The van der Waals surface area contributed by atoms with Crippen LogP contribution in [0, 0.1) is 11.3 Å². The number of hydrogen-bond donors (Lipinski definition) is 2. The Labute approximate surface area is 217 Å². The summed E-state index contributed by atoms with van der Waals surface area (Å²) in [5.41, 5.74) is 1.65. The fourth-order valence-electron chi connectivity index (χ4n) is 3.77. The minimum Gasteiger partial charge on any atom is -0.462 e. The van der Waals surface area contributed by atoms with Crippen molar-refractivity contribution in [1.82, 2.24) is 9.80 Å². The highest BCUT2D eigenvalue weighted by molar-refractivity contribution is 8.04. The van der Waals surface area contributed by atoms with Gasteiger partial charge in [-0.05, 0) is 71.1 Å². The number of carbonyl (C=O) groups excluding carboxylic acids is 3. The van der Waals surface area contributed by atoms with E-state index in [0.717, 1.165) is 31.0 Å². The number of amides is 2. The SMILES string of the molecule is C=CNc1cccc(NC(=O)CCN2CCCC2)c1.CCOC(=O)/C(C#N)=C1\SC(C)C(=O)N1CC. The lowest BCUT2D eigenvalue weighted by Gasteiger charge is -2.15. The number of nitriles is 1. The van der Waals surface area contributed by atoms with Crippen molar-refractivity contribution >= 4 is 40.9 Å². The van der Waals surface area contributed by atoms with Crippen molar-refractivity contribution < 1.29 is 19.1 Å². The van der Waals surface area contributed by atoms with E-state index in [-0.39, 0.29) is 29.2 Å². The first-order valence-electron chi connectivity index (χ1n) is 12.1. The normalized spacial score (nSPS) is 18.6. The monoisotopic (exact) mass is 513 g/mol. The molecule has 2 fully saturated rings.